The van der Waals surface area contributed by atoms with Crippen LogP contribution in [-0.4, -0.2) is 41.5 Å². The highest BCUT2D eigenvalue weighted by molar-refractivity contribution is 5.93. The smallest absolute Gasteiger partial charge is 0.262 e. The number of aromatic nitrogens is 2. The molecular formula is C25H27N5O3. The Labute approximate surface area is 193 Å². The summed E-state index contributed by atoms with van der Waals surface area (Å²) in [7, 11) is 1.87. The van der Waals surface area contributed by atoms with Crippen molar-refractivity contribution in [2.45, 2.75) is 25.3 Å². The van der Waals surface area contributed by atoms with Gasteiger partial charge in [-0.15, -0.1) is 0 Å². The van der Waals surface area contributed by atoms with Crippen molar-refractivity contribution in [3.05, 3.63) is 60.3 Å². The number of ether oxygens (including phenoxy) is 2. The molecule has 2 aromatic carbocycles. The largest absolute Gasteiger partial charge is 0.493 e. The molecule has 1 fully saturated rings. The van der Waals surface area contributed by atoms with E-state index in [0.29, 0.717) is 29.6 Å². The Bertz CT molecular complexity index is 1130. The predicted molar refractivity (Wildman–Crippen MR) is 125 cm³/mol. The Morgan fingerprint density at radius 3 is 2.79 bits per heavy atom. The van der Waals surface area contributed by atoms with E-state index in [9.17, 15) is 4.79 Å². The molecule has 0 saturated carbocycles. The van der Waals surface area contributed by atoms with Gasteiger partial charge in [-0.2, -0.15) is 10.4 Å². The second kappa shape index (κ2) is 10.7. The van der Waals surface area contributed by atoms with E-state index in [4.69, 9.17) is 14.7 Å². The van der Waals surface area contributed by atoms with Crippen LogP contribution in [-0.2, 0) is 11.8 Å². The fourth-order valence-electron chi connectivity index (χ4n) is 3.86. The van der Waals surface area contributed by atoms with Crippen molar-refractivity contribution in [2.75, 3.05) is 25.1 Å². The lowest BCUT2D eigenvalue weighted by molar-refractivity contribution is -0.118. The zero-order chi connectivity index (χ0) is 23.0. The van der Waals surface area contributed by atoms with E-state index in [1.54, 1.807) is 35.1 Å². The maximum atomic E-state index is 12.4. The Hall–Kier alpha value is -3.83. The Kier molecular flexibility index (Phi) is 7.22. The normalized spacial score (nSPS) is 15.1. The van der Waals surface area contributed by atoms with Gasteiger partial charge in [-0.3, -0.25) is 9.48 Å². The highest BCUT2D eigenvalue weighted by Crippen LogP contribution is 2.32. The number of aryl methyl sites for hydroxylation is 1. The minimum Gasteiger partial charge on any atom is -0.493 e. The standard InChI is InChI=1S/C25H27N5O3/c1-30-23(10-13-28-30)22-15-20(6-9-24(22)32-14-11-19-3-2-12-27-19)29-25(31)17-33-21-7-4-18(16-26)5-8-21/h4-10,13,15,19,27H,2-3,11-12,14,17H2,1H3,(H,29,31). The van der Waals surface area contributed by atoms with Crippen LogP contribution in [0, 0.1) is 11.3 Å². The number of amides is 1. The average molecular weight is 446 g/mol. The number of carbonyl (C=O) groups is 1. The number of hydrogen-bond acceptors (Lipinski definition) is 6. The lowest BCUT2D eigenvalue weighted by atomic mass is 10.1. The average Bonchev–Trinajstić information content (AvgIpc) is 3.50. The molecule has 33 heavy (non-hydrogen) atoms. The van der Waals surface area contributed by atoms with Gasteiger partial charge >= 0.3 is 0 Å². The lowest BCUT2D eigenvalue weighted by Gasteiger charge is -2.16. The summed E-state index contributed by atoms with van der Waals surface area (Å²) in [4.78, 5) is 12.4. The van der Waals surface area contributed by atoms with E-state index >= 15 is 0 Å². The van der Waals surface area contributed by atoms with E-state index in [1.807, 2.05) is 37.4 Å². The first-order chi connectivity index (χ1) is 16.1. The van der Waals surface area contributed by atoms with Gasteiger partial charge in [-0.25, -0.2) is 0 Å². The van der Waals surface area contributed by atoms with Crippen molar-refractivity contribution in [2.24, 2.45) is 7.05 Å². The fourth-order valence-corrected chi connectivity index (χ4v) is 3.86. The van der Waals surface area contributed by atoms with Crippen molar-refractivity contribution >= 4 is 11.6 Å². The Morgan fingerprint density at radius 2 is 2.09 bits per heavy atom. The summed E-state index contributed by atoms with van der Waals surface area (Å²) in [6.45, 7) is 1.56. The van der Waals surface area contributed by atoms with Gasteiger partial charge in [-0.05, 0) is 74.3 Å². The third-order valence-electron chi connectivity index (χ3n) is 5.60. The topological polar surface area (TPSA) is 101 Å². The van der Waals surface area contributed by atoms with E-state index in [0.717, 1.165) is 30.0 Å². The summed E-state index contributed by atoms with van der Waals surface area (Å²) in [5.41, 5.74) is 2.94. The summed E-state index contributed by atoms with van der Waals surface area (Å²) in [6, 6.07) is 16.7. The SMILES string of the molecule is Cn1nccc1-c1cc(NC(=O)COc2ccc(C#N)cc2)ccc1OCCC1CCCN1. The van der Waals surface area contributed by atoms with Crippen molar-refractivity contribution in [1.82, 2.24) is 15.1 Å². The van der Waals surface area contributed by atoms with Gasteiger partial charge in [0.2, 0.25) is 0 Å². The molecule has 0 spiro atoms. The number of nitrogens with zero attached hydrogens (tertiary/aromatic N) is 3. The zero-order valence-corrected chi connectivity index (χ0v) is 18.6. The first-order valence-corrected chi connectivity index (χ1v) is 11.0. The second-order valence-corrected chi connectivity index (χ2v) is 7.95. The summed E-state index contributed by atoms with van der Waals surface area (Å²) in [6.07, 6.45) is 5.09. The highest BCUT2D eigenvalue weighted by Gasteiger charge is 2.16. The van der Waals surface area contributed by atoms with Crippen molar-refractivity contribution in [1.29, 1.82) is 5.26 Å². The molecule has 3 aromatic rings. The van der Waals surface area contributed by atoms with E-state index in [-0.39, 0.29) is 12.5 Å². The molecule has 1 aliphatic heterocycles. The molecule has 0 bridgehead atoms. The molecule has 2 heterocycles. The van der Waals surface area contributed by atoms with Crippen molar-refractivity contribution < 1.29 is 14.3 Å². The monoisotopic (exact) mass is 445 g/mol. The fraction of sp³-hybridized carbons (Fsp3) is 0.320. The minimum absolute atomic E-state index is 0.139. The molecule has 1 aliphatic rings. The van der Waals surface area contributed by atoms with Crippen LogP contribution in [0.15, 0.2) is 54.7 Å². The number of benzene rings is 2. The molecule has 2 N–H and O–H groups in total. The van der Waals surface area contributed by atoms with Crippen LogP contribution in [0.4, 0.5) is 5.69 Å². The highest BCUT2D eigenvalue weighted by atomic mass is 16.5. The molecule has 1 unspecified atom stereocenters. The maximum absolute atomic E-state index is 12.4. The zero-order valence-electron chi connectivity index (χ0n) is 18.6. The van der Waals surface area contributed by atoms with Gasteiger partial charge in [-0.1, -0.05) is 0 Å². The first kappa shape index (κ1) is 22.4. The summed E-state index contributed by atoms with van der Waals surface area (Å²) in [5, 5.41) is 19.5. The van der Waals surface area contributed by atoms with Gasteiger partial charge in [0.05, 0.1) is 23.9 Å². The lowest BCUT2D eigenvalue weighted by Crippen LogP contribution is -2.23. The van der Waals surface area contributed by atoms with Crippen LogP contribution in [0.2, 0.25) is 0 Å². The van der Waals surface area contributed by atoms with Crippen LogP contribution in [0.5, 0.6) is 11.5 Å². The van der Waals surface area contributed by atoms with Crippen LogP contribution < -0.4 is 20.1 Å². The Morgan fingerprint density at radius 1 is 1.24 bits per heavy atom. The third kappa shape index (κ3) is 5.90. The number of carbonyl (C=O) groups excluding carboxylic acids is 1. The molecule has 1 saturated heterocycles. The molecule has 1 atom stereocenters. The molecule has 1 aromatic heterocycles. The molecule has 170 valence electrons. The molecule has 0 radical (unpaired) electrons. The van der Waals surface area contributed by atoms with Gasteiger partial charge in [0, 0.05) is 30.5 Å². The maximum Gasteiger partial charge on any atom is 0.262 e. The van der Waals surface area contributed by atoms with E-state index in [2.05, 4.69) is 15.7 Å². The summed E-state index contributed by atoms with van der Waals surface area (Å²) < 4.78 is 13.4. The number of nitrogens with one attached hydrogen (secondary N) is 2. The summed E-state index contributed by atoms with van der Waals surface area (Å²) >= 11 is 0. The number of hydrogen-bond donors (Lipinski definition) is 2. The second-order valence-electron chi connectivity index (χ2n) is 7.95. The quantitative estimate of drug-likeness (QED) is 0.523. The number of rotatable bonds is 9. The number of nitriles is 1. The van der Waals surface area contributed by atoms with Crippen molar-refractivity contribution in [3.8, 4) is 28.8 Å². The van der Waals surface area contributed by atoms with Crippen LogP contribution >= 0.6 is 0 Å². The molecule has 4 rings (SSSR count). The van der Waals surface area contributed by atoms with Crippen LogP contribution in [0.25, 0.3) is 11.3 Å². The van der Waals surface area contributed by atoms with Gasteiger partial charge in [0.1, 0.15) is 11.5 Å². The molecule has 0 aliphatic carbocycles. The number of anilines is 1. The summed E-state index contributed by atoms with van der Waals surface area (Å²) in [5.74, 6) is 1.000. The van der Waals surface area contributed by atoms with Crippen LogP contribution in [0.1, 0.15) is 24.8 Å². The molecule has 8 nitrogen and oxygen atoms in total. The van der Waals surface area contributed by atoms with Gasteiger partial charge in [0.15, 0.2) is 6.61 Å². The van der Waals surface area contributed by atoms with E-state index in [1.165, 1.54) is 12.8 Å². The van der Waals surface area contributed by atoms with Crippen molar-refractivity contribution in [3.63, 3.8) is 0 Å². The molecular weight excluding hydrogens is 418 g/mol. The van der Waals surface area contributed by atoms with Gasteiger partial charge < -0.3 is 20.1 Å². The van der Waals surface area contributed by atoms with E-state index < -0.39 is 0 Å². The van der Waals surface area contributed by atoms with Gasteiger partial charge in [0.25, 0.3) is 5.91 Å². The minimum atomic E-state index is -0.281. The first-order valence-electron chi connectivity index (χ1n) is 11.0. The molecule has 8 heteroatoms. The third-order valence-corrected chi connectivity index (χ3v) is 5.60. The predicted octanol–water partition coefficient (Wildman–Crippen LogP) is 3.50. The Balaban J connectivity index is 1.41. The molecule has 1 amide bonds. The van der Waals surface area contributed by atoms with Crippen LogP contribution in [0.3, 0.4) is 0 Å².